The Bertz CT molecular complexity index is 965. The quantitative estimate of drug-likeness (QED) is 0.622. The number of ether oxygens (including phenoxy) is 2. The van der Waals surface area contributed by atoms with E-state index in [9.17, 15) is 4.79 Å². The molecule has 2 saturated heterocycles. The number of amides is 1. The molecule has 1 amide bonds. The lowest BCUT2D eigenvalue weighted by molar-refractivity contribution is 0.0509. The Hall–Kier alpha value is -3.11. The molecular formula is C24H37N7O4. The van der Waals surface area contributed by atoms with E-state index in [0.29, 0.717) is 36.8 Å². The maximum Gasteiger partial charge on any atom is 0.407 e. The van der Waals surface area contributed by atoms with Crippen molar-refractivity contribution in [2.24, 2.45) is 5.92 Å². The van der Waals surface area contributed by atoms with Crippen molar-refractivity contribution in [2.75, 3.05) is 42.6 Å². The van der Waals surface area contributed by atoms with E-state index < -0.39 is 11.7 Å². The first-order valence-electron chi connectivity index (χ1n) is 12.4. The van der Waals surface area contributed by atoms with E-state index in [1.54, 1.807) is 12.4 Å². The molecule has 35 heavy (non-hydrogen) atoms. The fourth-order valence-corrected chi connectivity index (χ4v) is 4.18. The molecule has 2 aromatic heterocycles. The van der Waals surface area contributed by atoms with Crippen molar-refractivity contribution in [3.63, 3.8) is 0 Å². The number of piperidine rings is 1. The maximum absolute atomic E-state index is 12.0. The summed E-state index contributed by atoms with van der Waals surface area (Å²) in [5.41, 5.74) is -0.510. The fraction of sp³-hybridized carbons (Fsp3) is 0.708. The highest BCUT2D eigenvalue weighted by Gasteiger charge is 2.28. The van der Waals surface area contributed by atoms with Crippen LogP contribution in [0.2, 0.25) is 0 Å². The van der Waals surface area contributed by atoms with Gasteiger partial charge in [-0.2, -0.15) is 4.98 Å². The monoisotopic (exact) mass is 487 g/mol. The Morgan fingerprint density at radius 3 is 2.46 bits per heavy atom. The zero-order valence-corrected chi connectivity index (χ0v) is 21.4. The first-order valence-corrected chi connectivity index (χ1v) is 12.4. The number of anilines is 2. The smallest absolute Gasteiger partial charge is 0.407 e. The topological polar surface area (TPSA) is 119 Å². The number of hydrogen-bond donors (Lipinski definition) is 1. The molecule has 1 atom stereocenters. The molecule has 1 N–H and O–H groups in total. The van der Waals surface area contributed by atoms with Gasteiger partial charge in [-0.15, -0.1) is 0 Å². The average Bonchev–Trinajstić information content (AvgIpc) is 3.47. The van der Waals surface area contributed by atoms with Gasteiger partial charge in [0.05, 0.1) is 25.0 Å². The lowest BCUT2D eigenvalue weighted by atomic mass is 9.98. The van der Waals surface area contributed by atoms with Gasteiger partial charge in [0.2, 0.25) is 5.95 Å². The molecule has 0 radical (unpaired) electrons. The summed E-state index contributed by atoms with van der Waals surface area (Å²) in [5.74, 6) is 2.76. The van der Waals surface area contributed by atoms with Gasteiger partial charge in [-0.3, -0.25) is 0 Å². The van der Waals surface area contributed by atoms with Gasteiger partial charge in [-0.25, -0.2) is 14.8 Å². The van der Waals surface area contributed by atoms with Crippen molar-refractivity contribution >= 4 is 18.1 Å². The Morgan fingerprint density at radius 2 is 1.83 bits per heavy atom. The zero-order chi connectivity index (χ0) is 25.0. The molecule has 0 aliphatic carbocycles. The van der Waals surface area contributed by atoms with Gasteiger partial charge in [0.25, 0.3) is 0 Å². The molecule has 192 valence electrons. The average molecular weight is 488 g/mol. The van der Waals surface area contributed by atoms with Crippen LogP contribution in [-0.2, 0) is 4.74 Å². The minimum absolute atomic E-state index is 0.0133. The van der Waals surface area contributed by atoms with Gasteiger partial charge in [0.1, 0.15) is 5.60 Å². The molecule has 0 spiro atoms. The van der Waals surface area contributed by atoms with E-state index in [-0.39, 0.29) is 12.0 Å². The highest BCUT2D eigenvalue weighted by molar-refractivity contribution is 5.68. The van der Waals surface area contributed by atoms with Crippen LogP contribution in [0.4, 0.5) is 16.8 Å². The molecule has 4 rings (SSSR count). The summed E-state index contributed by atoms with van der Waals surface area (Å²) in [6.45, 7) is 13.5. The van der Waals surface area contributed by atoms with Crippen molar-refractivity contribution in [1.82, 2.24) is 25.4 Å². The van der Waals surface area contributed by atoms with Crippen LogP contribution in [-0.4, -0.2) is 70.6 Å². The minimum Gasteiger partial charge on any atom is -0.490 e. The second kappa shape index (κ2) is 10.7. The summed E-state index contributed by atoms with van der Waals surface area (Å²) >= 11 is 0. The van der Waals surface area contributed by atoms with Crippen molar-refractivity contribution in [1.29, 1.82) is 0 Å². The van der Waals surface area contributed by atoms with E-state index in [1.165, 1.54) is 0 Å². The molecule has 0 bridgehead atoms. The molecular weight excluding hydrogens is 450 g/mol. The molecule has 0 saturated carbocycles. The molecule has 2 aliphatic rings. The number of nitrogens with zero attached hydrogens (tertiary/aromatic N) is 6. The van der Waals surface area contributed by atoms with Crippen LogP contribution in [0.15, 0.2) is 16.9 Å². The number of nitrogens with one attached hydrogen (secondary N) is 1. The van der Waals surface area contributed by atoms with Crippen LogP contribution in [0.1, 0.15) is 65.6 Å². The number of carbonyl (C=O) groups excluding carboxylic acids is 1. The molecule has 0 aromatic carbocycles. The number of aromatic nitrogens is 4. The van der Waals surface area contributed by atoms with E-state index in [2.05, 4.69) is 49.1 Å². The molecule has 4 heterocycles. The standard InChI is InChI=1S/C24H37N7O4/c1-16(2)20-28-22(35-29-20)30-9-6-17(7-10-30)15-33-19-12-25-21(26-13-19)31-11-8-18(14-31)27-23(32)34-24(3,4)5/h12-13,16-18H,6-11,14-15H2,1-5H3,(H,27,32). The summed E-state index contributed by atoms with van der Waals surface area (Å²) in [7, 11) is 0. The Kier molecular flexibility index (Phi) is 7.61. The summed E-state index contributed by atoms with van der Waals surface area (Å²) in [5, 5.41) is 6.98. The zero-order valence-electron chi connectivity index (χ0n) is 21.4. The Morgan fingerprint density at radius 1 is 1.14 bits per heavy atom. The summed E-state index contributed by atoms with van der Waals surface area (Å²) in [6.07, 6.45) is 5.87. The third kappa shape index (κ3) is 6.95. The largest absolute Gasteiger partial charge is 0.490 e. The normalized spacial score (nSPS) is 19.3. The van der Waals surface area contributed by atoms with Gasteiger partial charge in [0, 0.05) is 32.1 Å². The maximum atomic E-state index is 12.0. The van der Waals surface area contributed by atoms with Gasteiger partial charge in [0.15, 0.2) is 11.6 Å². The second-order valence-electron chi connectivity index (χ2n) is 10.6. The van der Waals surface area contributed by atoms with Gasteiger partial charge >= 0.3 is 12.1 Å². The van der Waals surface area contributed by atoms with E-state index in [0.717, 1.165) is 44.7 Å². The van der Waals surface area contributed by atoms with Crippen molar-refractivity contribution in [3.8, 4) is 5.75 Å². The van der Waals surface area contributed by atoms with Gasteiger partial charge in [-0.05, 0) is 46.0 Å². The first kappa shape index (κ1) is 25.0. The molecule has 11 heteroatoms. The molecule has 2 aliphatic heterocycles. The predicted octanol–water partition coefficient (Wildman–Crippen LogP) is 3.38. The lowest BCUT2D eigenvalue weighted by Gasteiger charge is -2.30. The van der Waals surface area contributed by atoms with E-state index >= 15 is 0 Å². The van der Waals surface area contributed by atoms with Crippen LogP contribution in [0.25, 0.3) is 0 Å². The fourth-order valence-electron chi connectivity index (χ4n) is 4.18. The highest BCUT2D eigenvalue weighted by Crippen LogP contribution is 2.25. The first-order chi connectivity index (χ1) is 16.7. The summed E-state index contributed by atoms with van der Waals surface area (Å²) in [6, 6.07) is 0.627. The summed E-state index contributed by atoms with van der Waals surface area (Å²) in [4.78, 5) is 29.7. The van der Waals surface area contributed by atoms with Crippen molar-refractivity contribution in [3.05, 3.63) is 18.2 Å². The highest BCUT2D eigenvalue weighted by atomic mass is 16.6. The van der Waals surface area contributed by atoms with Crippen LogP contribution in [0, 0.1) is 5.92 Å². The van der Waals surface area contributed by atoms with E-state index in [1.807, 2.05) is 20.8 Å². The molecule has 1 unspecified atom stereocenters. The number of rotatable bonds is 7. The molecule has 11 nitrogen and oxygen atoms in total. The van der Waals surface area contributed by atoms with Crippen LogP contribution in [0.3, 0.4) is 0 Å². The van der Waals surface area contributed by atoms with Gasteiger partial charge in [-0.1, -0.05) is 19.0 Å². The summed E-state index contributed by atoms with van der Waals surface area (Å²) < 4.78 is 16.7. The lowest BCUT2D eigenvalue weighted by Crippen LogP contribution is -2.40. The van der Waals surface area contributed by atoms with Crippen LogP contribution < -0.4 is 19.9 Å². The molecule has 2 fully saturated rings. The predicted molar refractivity (Wildman–Crippen MR) is 131 cm³/mol. The third-order valence-electron chi connectivity index (χ3n) is 6.12. The third-order valence-corrected chi connectivity index (χ3v) is 6.12. The SMILES string of the molecule is CC(C)c1noc(N2CCC(COc3cnc(N4CCC(NC(=O)OC(C)(C)C)C4)nc3)CC2)n1. The minimum atomic E-state index is -0.510. The number of carbonyl (C=O) groups is 1. The number of alkyl carbamates (subject to hydrolysis) is 1. The second-order valence-corrected chi connectivity index (χ2v) is 10.6. The number of hydrogen-bond acceptors (Lipinski definition) is 10. The molecule has 2 aromatic rings. The van der Waals surface area contributed by atoms with Crippen molar-refractivity contribution in [2.45, 2.75) is 71.4 Å². The van der Waals surface area contributed by atoms with E-state index in [4.69, 9.17) is 14.0 Å². The van der Waals surface area contributed by atoms with Gasteiger partial charge < -0.3 is 29.1 Å². The van der Waals surface area contributed by atoms with Crippen molar-refractivity contribution < 1.29 is 18.8 Å². The van der Waals surface area contributed by atoms with Crippen LogP contribution >= 0.6 is 0 Å². The Balaban J connectivity index is 1.18. The van der Waals surface area contributed by atoms with Crippen LogP contribution in [0.5, 0.6) is 5.75 Å². The Labute approximate surface area is 206 Å².